The number of allylic oxidation sites excluding steroid dienone is 4. The molecule has 1 aliphatic rings. The Bertz CT molecular complexity index is 2510. The van der Waals surface area contributed by atoms with E-state index in [0.29, 0.717) is 5.89 Å². The van der Waals surface area contributed by atoms with Crippen LogP contribution in [0, 0.1) is 0 Å². The van der Waals surface area contributed by atoms with Crippen molar-refractivity contribution in [1.29, 1.82) is 0 Å². The summed E-state index contributed by atoms with van der Waals surface area (Å²) < 4.78 is 6.09. The molecule has 9 rings (SSSR count). The van der Waals surface area contributed by atoms with Crippen molar-refractivity contribution in [2.45, 2.75) is 12.8 Å². The highest BCUT2D eigenvalue weighted by atomic mass is 16.3. The fourth-order valence-corrected chi connectivity index (χ4v) is 7.27. The lowest BCUT2D eigenvalue weighted by Gasteiger charge is -2.26. The normalized spacial score (nSPS) is 12.7. The van der Waals surface area contributed by atoms with Gasteiger partial charge in [0.15, 0.2) is 5.58 Å². The summed E-state index contributed by atoms with van der Waals surface area (Å²) in [4.78, 5) is 7.06. The maximum atomic E-state index is 6.09. The summed E-state index contributed by atoms with van der Waals surface area (Å²) in [7, 11) is 0. The van der Waals surface area contributed by atoms with Gasteiger partial charge < -0.3 is 9.32 Å². The van der Waals surface area contributed by atoms with Gasteiger partial charge >= 0.3 is 0 Å². The maximum absolute atomic E-state index is 6.09. The highest BCUT2D eigenvalue weighted by Crippen LogP contribution is 2.41. The van der Waals surface area contributed by atoms with E-state index in [-0.39, 0.29) is 0 Å². The molecule has 3 nitrogen and oxygen atoms in total. The third-order valence-corrected chi connectivity index (χ3v) is 9.89. The van der Waals surface area contributed by atoms with Gasteiger partial charge in [-0.2, -0.15) is 0 Å². The van der Waals surface area contributed by atoms with Crippen LogP contribution in [0.15, 0.2) is 199 Å². The number of fused-ring (bicyclic) bond motifs is 1. The molecule has 0 saturated heterocycles. The molecule has 0 N–H and O–H groups in total. The molecule has 0 aliphatic heterocycles. The van der Waals surface area contributed by atoms with Crippen molar-refractivity contribution in [1.82, 2.24) is 4.98 Å². The molecule has 8 aromatic rings. The van der Waals surface area contributed by atoms with Gasteiger partial charge in [0, 0.05) is 22.6 Å². The van der Waals surface area contributed by atoms with Crippen LogP contribution < -0.4 is 4.90 Å². The van der Waals surface area contributed by atoms with E-state index in [1.54, 1.807) is 0 Å². The lowest BCUT2D eigenvalue weighted by molar-refractivity contribution is 0.580. The maximum Gasteiger partial charge on any atom is 0.223 e. The van der Waals surface area contributed by atoms with E-state index in [4.69, 9.17) is 9.40 Å². The molecule has 1 heterocycles. The predicted octanol–water partition coefficient (Wildman–Crippen LogP) is 13.6. The first-order chi connectivity index (χ1) is 25.8. The number of benzene rings is 7. The van der Waals surface area contributed by atoms with Crippen molar-refractivity contribution in [3.05, 3.63) is 206 Å². The Balaban J connectivity index is 1.04. The fraction of sp³-hybridized carbons (Fsp3) is 0.0408. The van der Waals surface area contributed by atoms with Gasteiger partial charge in [-0.05, 0) is 106 Å². The quantitative estimate of drug-likeness (QED) is 0.161. The molecular weight excluding hydrogens is 633 g/mol. The third-order valence-electron chi connectivity index (χ3n) is 9.89. The van der Waals surface area contributed by atoms with Gasteiger partial charge in [0.1, 0.15) is 5.52 Å². The summed E-state index contributed by atoms with van der Waals surface area (Å²) in [5.74, 6) is 0.716. The second kappa shape index (κ2) is 13.9. The number of hydrogen-bond acceptors (Lipinski definition) is 3. The Hall–Kier alpha value is -6.71. The number of para-hydroxylation sites is 3. The average Bonchev–Trinajstić information content (AvgIpc) is 3.67. The van der Waals surface area contributed by atoms with Gasteiger partial charge in [-0.1, -0.05) is 146 Å². The molecule has 1 aromatic heterocycles. The van der Waals surface area contributed by atoms with Crippen molar-refractivity contribution in [2.75, 3.05) is 4.90 Å². The van der Waals surface area contributed by atoms with Crippen molar-refractivity contribution in [2.24, 2.45) is 0 Å². The van der Waals surface area contributed by atoms with Crippen LogP contribution in [0.1, 0.15) is 24.3 Å². The van der Waals surface area contributed by atoms with Gasteiger partial charge in [-0.3, -0.25) is 0 Å². The second-order valence-corrected chi connectivity index (χ2v) is 13.1. The van der Waals surface area contributed by atoms with Crippen LogP contribution in [0.4, 0.5) is 17.1 Å². The molecule has 0 radical (unpaired) electrons. The third kappa shape index (κ3) is 6.14. The summed E-state index contributed by atoms with van der Waals surface area (Å²) in [6.07, 6.45) is 6.22. The van der Waals surface area contributed by atoms with Crippen LogP contribution in [0.2, 0.25) is 0 Å². The first-order valence-electron chi connectivity index (χ1n) is 17.8. The van der Waals surface area contributed by atoms with Crippen LogP contribution in [0.3, 0.4) is 0 Å². The second-order valence-electron chi connectivity index (χ2n) is 13.1. The molecule has 248 valence electrons. The van der Waals surface area contributed by atoms with Crippen molar-refractivity contribution < 1.29 is 4.42 Å². The summed E-state index contributed by atoms with van der Waals surface area (Å²) in [6, 6.07) is 64.4. The molecule has 0 amide bonds. The summed E-state index contributed by atoms with van der Waals surface area (Å²) in [6.45, 7) is 0. The number of oxazole rings is 1. The Morgan fingerprint density at radius 1 is 0.385 bits per heavy atom. The Kier molecular flexibility index (Phi) is 8.36. The highest BCUT2D eigenvalue weighted by Gasteiger charge is 2.19. The standard InChI is InChI=1S/C49H36N2O/c1-3-13-35(14-4-1)36-27-31-41(32-28-36)51(40-15-5-2-6-16-40)42-33-29-38(30-34-42)44-18-8-10-20-46(44)45-19-9-7-17-43(45)37-23-25-39(26-24-37)49-50-47-21-11-12-22-48(47)52-49/h1-23,25,27-34H,24,26H2. The number of nitrogens with zero attached hydrogens (tertiary/aromatic N) is 2. The first-order valence-corrected chi connectivity index (χ1v) is 17.8. The smallest absolute Gasteiger partial charge is 0.223 e. The van der Waals surface area contributed by atoms with Crippen molar-refractivity contribution >= 4 is 39.3 Å². The zero-order chi connectivity index (χ0) is 34.7. The Labute approximate surface area is 304 Å². The number of hydrogen-bond donors (Lipinski definition) is 0. The molecule has 0 atom stereocenters. The lowest BCUT2D eigenvalue weighted by Crippen LogP contribution is -2.09. The van der Waals surface area contributed by atoms with Gasteiger partial charge in [0.25, 0.3) is 0 Å². The van der Waals surface area contributed by atoms with E-state index in [1.165, 1.54) is 44.5 Å². The summed E-state index contributed by atoms with van der Waals surface area (Å²) in [5.41, 5.74) is 16.0. The topological polar surface area (TPSA) is 29.3 Å². The van der Waals surface area contributed by atoms with Gasteiger partial charge in [0.05, 0.1) is 0 Å². The lowest BCUT2D eigenvalue weighted by atomic mass is 9.86. The molecule has 0 fully saturated rings. The van der Waals surface area contributed by atoms with E-state index in [2.05, 4.69) is 175 Å². The number of anilines is 3. The van der Waals surface area contributed by atoms with Crippen LogP contribution in [-0.4, -0.2) is 4.98 Å². The molecule has 0 spiro atoms. The van der Waals surface area contributed by atoms with E-state index < -0.39 is 0 Å². The zero-order valence-electron chi connectivity index (χ0n) is 28.7. The van der Waals surface area contributed by atoms with Crippen LogP contribution in [-0.2, 0) is 0 Å². The highest BCUT2D eigenvalue weighted by molar-refractivity contribution is 5.92. The minimum atomic E-state index is 0.716. The number of aromatic nitrogens is 1. The van der Waals surface area contributed by atoms with E-state index in [9.17, 15) is 0 Å². The van der Waals surface area contributed by atoms with Gasteiger partial charge in [0.2, 0.25) is 5.89 Å². The SMILES string of the molecule is C1=C(c2nc3ccccc3o2)CCC(c2ccccc2-c2ccccc2-c2ccc(N(c3ccccc3)c3ccc(-c4ccccc4)cc3)cc2)=C1. The average molecular weight is 669 g/mol. The molecule has 0 saturated carbocycles. The minimum absolute atomic E-state index is 0.716. The fourth-order valence-electron chi connectivity index (χ4n) is 7.27. The number of rotatable bonds is 8. The monoisotopic (exact) mass is 668 g/mol. The van der Waals surface area contributed by atoms with Crippen LogP contribution in [0.25, 0.3) is 55.6 Å². The van der Waals surface area contributed by atoms with Crippen molar-refractivity contribution in [3.8, 4) is 33.4 Å². The summed E-state index contributed by atoms with van der Waals surface area (Å²) >= 11 is 0. The molecule has 1 aliphatic carbocycles. The zero-order valence-corrected chi connectivity index (χ0v) is 28.7. The molecule has 0 bridgehead atoms. The first kappa shape index (κ1) is 31.3. The van der Waals surface area contributed by atoms with E-state index in [0.717, 1.165) is 46.6 Å². The molecular formula is C49H36N2O. The Morgan fingerprint density at radius 3 is 1.52 bits per heavy atom. The van der Waals surface area contributed by atoms with Gasteiger partial charge in [-0.25, -0.2) is 4.98 Å². The molecule has 52 heavy (non-hydrogen) atoms. The van der Waals surface area contributed by atoms with E-state index in [1.807, 2.05) is 24.3 Å². The largest absolute Gasteiger partial charge is 0.436 e. The minimum Gasteiger partial charge on any atom is -0.436 e. The molecule has 0 unspecified atom stereocenters. The molecule has 7 aromatic carbocycles. The summed E-state index contributed by atoms with van der Waals surface area (Å²) in [5, 5.41) is 0. The van der Waals surface area contributed by atoms with E-state index >= 15 is 0 Å². The van der Waals surface area contributed by atoms with Crippen LogP contribution in [0.5, 0.6) is 0 Å². The van der Waals surface area contributed by atoms with Crippen LogP contribution >= 0.6 is 0 Å². The van der Waals surface area contributed by atoms with Crippen molar-refractivity contribution in [3.63, 3.8) is 0 Å². The Morgan fingerprint density at radius 2 is 0.865 bits per heavy atom. The molecule has 3 heteroatoms. The van der Waals surface area contributed by atoms with Gasteiger partial charge in [-0.15, -0.1) is 0 Å². The predicted molar refractivity (Wildman–Crippen MR) is 217 cm³/mol.